The van der Waals surface area contributed by atoms with E-state index in [9.17, 15) is 26.4 Å². The van der Waals surface area contributed by atoms with Crippen LogP contribution in [0.4, 0.5) is 24.5 Å². The van der Waals surface area contributed by atoms with Gasteiger partial charge in [-0.25, -0.2) is 21.6 Å². The zero-order chi connectivity index (χ0) is 23.3. The van der Waals surface area contributed by atoms with E-state index >= 15 is 0 Å². The monoisotopic (exact) mass is 487 g/mol. The first kappa shape index (κ1) is 24.4. The van der Waals surface area contributed by atoms with Crippen LogP contribution in [0.1, 0.15) is 19.3 Å². The smallest absolute Gasteiger partial charge is 0.244 e. The maximum Gasteiger partial charge on any atom is 0.244 e. The number of sulfonamides is 1. The summed E-state index contributed by atoms with van der Waals surface area (Å²) in [5.74, 6) is -2.95. The van der Waals surface area contributed by atoms with Gasteiger partial charge in [0, 0.05) is 18.8 Å². The van der Waals surface area contributed by atoms with Gasteiger partial charge in [0.05, 0.1) is 0 Å². The Kier molecular flexibility index (Phi) is 8.07. The zero-order valence-electron chi connectivity index (χ0n) is 17.4. The Bertz CT molecular complexity index is 1050. The Labute approximate surface area is 189 Å². The fourth-order valence-corrected chi connectivity index (χ4v) is 5.28. The SMILES string of the molecule is CSCCC(NS(=O)(=O)c1ccccc1F)C(=O)Nc1cc(F)c(N2CCCC2)c(F)c1. The van der Waals surface area contributed by atoms with Crippen molar-refractivity contribution in [1.82, 2.24) is 4.72 Å². The van der Waals surface area contributed by atoms with Crippen molar-refractivity contribution in [1.29, 1.82) is 0 Å². The molecule has 1 aliphatic heterocycles. The minimum Gasteiger partial charge on any atom is -0.367 e. The van der Waals surface area contributed by atoms with E-state index in [1.165, 1.54) is 23.9 Å². The van der Waals surface area contributed by atoms with Gasteiger partial charge in [-0.15, -0.1) is 0 Å². The van der Waals surface area contributed by atoms with Crippen LogP contribution in [0.5, 0.6) is 0 Å². The number of thioether (sulfide) groups is 1. The Balaban J connectivity index is 1.80. The summed E-state index contributed by atoms with van der Waals surface area (Å²) >= 11 is 1.39. The number of anilines is 2. The van der Waals surface area contributed by atoms with Gasteiger partial charge >= 0.3 is 0 Å². The van der Waals surface area contributed by atoms with E-state index < -0.39 is 44.3 Å². The number of benzene rings is 2. The first-order valence-electron chi connectivity index (χ1n) is 10.0. The van der Waals surface area contributed by atoms with Gasteiger partial charge in [-0.05, 0) is 55.5 Å². The highest BCUT2D eigenvalue weighted by atomic mass is 32.2. The van der Waals surface area contributed by atoms with Crippen LogP contribution in [-0.2, 0) is 14.8 Å². The predicted molar refractivity (Wildman–Crippen MR) is 120 cm³/mol. The van der Waals surface area contributed by atoms with E-state index in [0.717, 1.165) is 37.1 Å². The zero-order valence-corrected chi connectivity index (χ0v) is 19.0. The minimum absolute atomic E-state index is 0.0948. The lowest BCUT2D eigenvalue weighted by atomic mass is 10.2. The third-order valence-corrected chi connectivity index (χ3v) is 7.21. The van der Waals surface area contributed by atoms with Gasteiger partial charge in [-0.2, -0.15) is 16.5 Å². The second-order valence-electron chi connectivity index (χ2n) is 7.36. The van der Waals surface area contributed by atoms with Crippen molar-refractivity contribution >= 4 is 39.1 Å². The summed E-state index contributed by atoms with van der Waals surface area (Å²) in [6, 6.07) is 5.54. The number of carbonyl (C=O) groups is 1. The Hall–Kier alpha value is -2.24. The van der Waals surface area contributed by atoms with Crippen molar-refractivity contribution in [3.8, 4) is 0 Å². The van der Waals surface area contributed by atoms with Gasteiger partial charge in [0.2, 0.25) is 15.9 Å². The normalized spacial score (nSPS) is 15.1. The minimum atomic E-state index is -4.34. The summed E-state index contributed by atoms with van der Waals surface area (Å²) in [6.45, 7) is 1.10. The van der Waals surface area contributed by atoms with Gasteiger partial charge in [-0.1, -0.05) is 12.1 Å². The summed E-state index contributed by atoms with van der Waals surface area (Å²) in [5.41, 5.74) is -0.271. The van der Waals surface area contributed by atoms with E-state index in [0.29, 0.717) is 18.8 Å². The molecule has 0 aromatic heterocycles. The number of amides is 1. The number of nitrogens with zero attached hydrogens (tertiary/aromatic N) is 1. The van der Waals surface area contributed by atoms with Gasteiger partial charge < -0.3 is 10.2 Å². The van der Waals surface area contributed by atoms with Crippen LogP contribution >= 0.6 is 11.8 Å². The second kappa shape index (κ2) is 10.6. The number of carbonyl (C=O) groups excluding carboxylic acids is 1. The quantitative estimate of drug-likeness (QED) is 0.564. The maximum absolute atomic E-state index is 14.6. The molecule has 1 fully saturated rings. The lowest BCUT2D eigenvalue weighted by Crippen LogP contribution is -2.44. The van der Waals surface area contributed by atoms with Crippen LogP contribution in [0, 0.1) is 17.5 Å². The third kappa shape index (κ3) is 5.76. The molecule has 1 atom stereocenters. The van der Waals surface area contributed by atoms with Crippen LogP contribution in [0.15, 0.2) is 41.3 Å². The summed E-state index contributed by atoms with van der Waals surface area (Å²) in [7, 11) is -4.34. The van der Waals surface area contributed by atoms with Crippen LogP contribution in [0.25, 0.3) is 0 Å². The number of hydrogen-bond donors (Lipinski definition) is 2. The average molecular weight is 488 g/mol. The highest BCUT2D eigenvalue weighted by molar-refractivity contribution is 7.98. The third-order valence-electron chi connectivity index (χ3n) is 5.06. The maximum atomic E-state index is 14.6. The van der Waals surface area contributed by atoms with Crippen LogP contribution in [0.3, 0.4) is 0 Å². The molecule has 1 unspecified atom stereocenters. The number of nitrogens with one attached hydrogen (secondary N) is 2. The molecule has 0 saturated carbocycles. The van der Waals surface area contributed by atoms with E-state index in [-0.39, 0.29) is 17.8 Å². The molecular formula is C21H24F3N3O3S2. The molecule has 0 spiro atoms. The molecule has 32 heavy (non-hydrogen) atoms. The van der Waals surface area contributed by atoms with Crippen LogP contribution in [-0.4, -0.2) is 45.5 Å². The van der Waals surface area contributed by atoms with E-state index in [1.807, 2.05) is 0 Å². The molecule has 6 nitrogen and oxygen atoms in total. The van der Waals surface area contributed by atoms with Gasteiger partial charge in [0.1, 0.15) is 22.4 Å². The molecular weight excluding hydrogens is 463 g/mol. The molecule has 174 valence electrons. The largest absolute Gasteiger partial charge is 0.367 e. The van der Waals surface area contributed by atoms with Crippen molar-refractivity contribution in [2.45, 2.75) is 30.2 Å². The number of rotatable bonds is 9. The standard InChI is InChI=1S/C21H24F3N3O3S2/c1-31-11-8-18(26-32(29,30)19-7-3-2-6-15(19)22)21(28)25-14-12-16(23)20(17(24)13-14)27-9-4-5-10-27/h2-3,6-7,12-13,18,26H,4-5,8-11H2,1H3,(H,25,28). The molecule has 2 aromatic carbocycles. The molecule has 3 rings (SSSR count). The first-order valence-corrected chi connectivity index (χ1v) is 12.9. The number of hydrogen-bond acceptors (Lipinski definition) is 5. The molecule has 1 amide bonds. The molecule has 1 saturated heterocycles. The second-order valence-corrected chi connectivity index (χ2v) is 10.0. The highest BCUT2D eigenvalue weighted by Gasteiger charge is 2.28. The Morgan fingerprint density at radius 2 is 1.72 bits per heavy atom. The topological polar surface area (TPSA) is 78.5 Å². The molecule has 2 aromatic rings. The summed E-state index contributed by atoms with van der Waals surface area (Å²) < 4.78 is 70.5. The fraction of sp³-hybridized carbons (Fsp3) is 0.381. The molecule has 0 bridgehead atoms. The molecule has 0 radical (unpaired) electrons. The molecule has 11 heteroatoms. The van der Waals surface area contributed by atoms with Crippen LogP contribution < -0.4 is 14.9 Å². The summed E-state index contributed by atoms with van der Waals surface area (Å²) in [4.78, 5) is 13.8. The van der Waals surface area contributed by atoms with E-state index in [2.05, 4.69) is 10.0 Å². The Morgan fingerprint density at radius 1 is 1.09 bits per heavy atom. The van der Waals surface area contributed by atoms with Crippen molar-refractivity contribution in [2.24, 2.45) is 0 Å². The molecule has 1 aliphatic rings. The van der Waals surface area contributed by atoms with Crippen molar-refractivity contribution in [3.63, 3.8) is 0 Å². The Morgan fingerprint density at radius 3 is 2.31 bits per heavy atom. The fourth-order valence-electron chi connectivity index (χ4n) is 3.50. The predicted octanol–water partition coefficient (Wildman–Crippen LogP) is 3.74. The summed E-state index contributed by atoms with van der Waals surface area (Å²) in [5, 5.41) is 2.37. The van der Waals surface area contributed by atoms with E-state index in [1.54, 1.807) is 11.2 Å². The van der Waals surface area contributed by atoms with Crippen LogP contribution in [0.2, 0.25) is 0 Å². The van der Waals surface area contributed by atoms with Gasteiger partial charge in [0.25, 0.3) is 0 Å². The van der Waals surface area contributed by atoms with Gasteiger partial charge in [0.15, 0.2) is 11.6 Å². The molecule has 0 aliphatic carbocycles. The first-order chi connectivity index (χ1) is 15.2. The number of halogens is 3. The van der Waals surface area contributed by atoms with Crippen molar-refractivity contribution < 1.29 is 26.4 Å². The van der Waals surface area contributed by atoms with Gasteiger partial charge in [-0.3, -0.25) is 4.79 Å². The highest BCUT2D eigenvalue weighted by Crippen LogP contribution is 2.30. The molecule has 1 heterocycles. The van der Waals surface area contributed by atoms with E-state index in [4.69, 9.17) is 0 Å². The average Bonchev–Trinajstić information content (AvgIpc) is 3.25. The molecule has 2 N–H and O–H groups in total. The lowest BCUT2D eigenvalue weighted by molar-refractivity contribution is -0.117. The van der Waals surface area contributed by atoms with Crippen molar-refractivity contribution in [2.75, 3.05) is 35.3 Å². The lowest BCUT2D eigenvalue weighted by Gasteiger charge is -2.21. The summed E-state index contributed by atoms with van der Waals surface area (Å²) in [6.07, 6.45) is 3.56. The van der Waals surface area contributed by atoms with Crippen molar-refractivity contribution in [3.05, 3.63) is 53.8 Å².